The Morgan fingerprint density at radius 1 is 1.30 bits per heavy atom. The molecule has 0 amide bonds. The number of hydrogen-bond acceptors (Lipinski definition) is 3. The van der Waals surface area contributed by atoms with Crippen LogP contribution in [-0.2, 0) is 4.74 Å². The second-order valence-corrected chi connectivity index (χ2v) is 6.34. The van der Waals surface area contributed by atoms with E-state index < -0.39 is 0 Å². The van der Waals surface area contributed by atoms with Gasteiger partial charge in [0.15, 0.2) is 5.96 Å². The number of hydrogen-bond donors (Lipinski definition) is 3. The van der Waals surface area contributed by atoms with Gasteiger partial charge in [0, 0.05) is 19.0 Å². The van der Waals surface area contributed by atoms with Crippen LogP contribution in [0.1, 0.15) is 45.4 Å². The van der Waals surface area contributed by atoms with Gasteiger partial charge in [-0.3, -0.25) is 4.99 Å². The molecule has 1 aliphatic carbocycles. The van der Waals surface area contributed by atoms with E-state index in [1.807, 2.05) is 0 Å². The molecule has 0 aromatic carbocycles. The van der Waals surface area contributed by atoms with Gasteiger partial charge in [-0.05, 0) is 39.0 Å². The van der Waals surface area contributed by atoms with Gasteiger partial charge in [0.1, 0.15) is 0 Å². The second kappa shape index (κ2) is 6.31. The summed E-state index contributed by atoms with van der Waals surface area (Å²) in [4.78, 5) is 4.67. The fourth-order valence-corrected chi connectivity index (χ4v) is 3.72. The van der Waals surface area contributed by atoms with Crippen LogP contribution in [0.2, 0.25) is 0 Å². The van der Waals surface area contributed by atoms with Crippen LogP contribution < -0.4 is 10.6 Å². The third-order valence-electron chi connectivity index (χ3n) is 4.88. The summed E-state index contributed by atoms with van der Waals surface area (Å²) < 4.78 is 5.87. The fraction of sp³-hybridized carbons (Fsp3) is 0.933. The van der Waals surface area contributed by atoms with Crippen molar-refractivity contribution in [2.75, 3.05) is 13.1 Å². The molecule has 5 atom stereocenters. The molecule has 3 rings (SSSR count). The van der Waals surface area contributed by atoms with E-state index in [-0.39, 0.29) is 6.10 Å². The van der Waals surface area contributed by atoms with Crippen molar-refractivity contribution in [2.45, 2.75) is 69.8 Å². The fourth-order valence-electron chi connectivity index (χ4n) is 3.72. The zero-order valence-electron chi connectivity index (χ0n) is 12.3. The second-order valence-electron chi connectivity index (χ2n) is 6.34. The molecular weight excluding hydrogens is 254 g/mol. The van der Waals surface area contributed by atoms with Gasteiger partial charge in [0.25, 0.3) is 0 Å². The Balaban J connectivity index is 1.54. The van der Waals surface area contributed by atoms with Gasteiger partial charge in [0.2, 0.25) is 0 Å². The van der Waals surface area contributed by atoms with E-state index in [1.54, 1.807) is 0 Å². The Labute approximate surface area is 121 Å². The van der Waals surface area contributed by atoms with Crippen molar-refractivity contribution >= 4 is 5.96 Å². The highest BCUT2D eigenvalue weighted by Crippen LogP contribution is 2.34. The van der Waals surface area contributed by atoms with Gasteiger partial charge >= 0.3 is 0 Å². The lowest BCUT2D eigenvalue weighted by Crippen LogP contribution is -2.47. The largest absolute Gasteiger partial charge is 0.393 e. The lowest BCUT2D eigenvalue weighted by atomic mass is 9.96. The quantitative estimate of drug-likeness (QED) is 0.532. The van der Waals surface area contributed by atoms with Crippen molar-refractivity contribution in [3.05, 3.63) is 0 Å². The Morgan fingerprint density at radius 2 is 2.20 bits per heavy atom. The van der Waals surface area contributed by atoms with Crippen molar-refractivity contribution in [3.8, 4) is 0 Å². The van der Waals surface area contributed by atoms with E-state index in [9.17, 15) is 5.11 Å². The summed E-state index contributed by atoms with van der Waals surface area (Å²) in [6, 6.07) is 0.403. The average molecular weight is 281 g/mol. The van der Waals surface area contributed by atoms with Crippen LogP contribution in [0.25, 0.3) is 0 Å². The molecule has 2 aliphatic heterocycles. The van der Waals surface area contributed by atoms with Crippen molar-refractivity contribution in [1.29, 1.82) is 0 Å². The minimum atomic E-state index is -0.160. The lowest BCUT2D eigenvalue weighted by Gasteiger charge is -2.23. The standard InChI is InChI=1S/C15H27N3O2/c1-2-16-15(17-9-10-4-3-5-13(10)19)18-12-8-11-6-7-14(12)20-11/h10-14,19H,2-9H2,1H3,(H2,16,17,18). The van der Waals surface area contributed by atoms with Crippen molar-refractivity contribution < 1.29 is 9.84 Å². The molecule has 0 aromatic heterocycles. The summed E-state index contributed by atoms with van der Waals surface area (Å²) in [5.74, 6) is 1.22. The predicted octanol–water partition coefficient (Wildman–Crippen LogP) is 1.02. The molecule has 3 fully saturated rings. The van der Waals surface area contributed by atoms with Crippen LogP contribution >= 0.6 is 0 Å². The van der Waals surface area contributed by atoms with E-state index in [0.29, 0.717) is 24.2 Å². The maximum absolute atomic E-state index is 9.87. The van der Waals surface area contributed by atoms with Crippen LogP contribution in [-0.4, -0.2) is 48.5 Å². The normalized spacial score (nSPS) is 40.3. The van der Waals surface area contributed by atoms with E-state index in [4.69, 9.17) is 4.74 Å². The highest BCUT2D eigenvalue weighted by Gasteiger charge is 2.41. The summed E-state index contributed by atoms with van der Waals surface area (Å²) in [5, 5.41) is 16.7. The van der Waals surface area contributed by atoms with Crippen molar-refractivity contribution in [3.63, 3.8) is 0 Å². The zero-order chi connectivity index (χ0) is 13.9. The molecule has 0 spiro atoms. The number of nitrogens with zero attached hydrogens (tertiary/aromatic N) is 1. The number of ether oxygens (including phenoxy) is 1. The third-order valence-corrected chi connectivity index (χ3v) is 4.88. The summed E-state index contributed by atoms with van der Waals surface area (Å²) in [6.07, 6.45) is 7.30. The Hall–Kier alpha value is -0.810. The van der Waals surface area contributed by atoms with Crippen LogP contribution in [0.3, 0.4) is 0 Å². The highest BCUT2D eigenvalue weighted by molar-refractivity contribution is 5.80. The van der Waals surface area contributed by atoms with E-state index in [2.05, 4.69) is 22.5 Å². The molecule has 5 heteroatoms. The molecule has 20 heavy (non-hydrogen) atoms. The molecule has 5 unspecified atom stereocenters. The molecule has 3 aliphatic rings. The monoisotopic (exact) mass is 281 g/mol. The maximum Gasteiger partial charge on any atom is 0.191 e. The Kier molecular flexibility index (Phi) is 4.46. The number of aliphatic hydroxyl groups excluding tert-OH is 1. The van der Waals surface area contributed by atoms with Gasteiger partial charge in [0.05, 0.1) is 24.4 Å². The summed E-state index contributed by atoms with van der Waals surface area (Å²) in [6.45, 7) is 3.66. The SMILES string of the molecule is CCNC(=NCC1CCCC1O)NC1CC2CCC1O2. The number of aliphatic hydroxyl groups is 1. The zero-order valence-corrected chi connectivity index (χ0v) is 12.3. The lowest BCUT2D eigenvalue weighted by molar-refractivity contribution is 0.0992. The Bertz CT molecular complexity index is 361. The van der Waals surface area contributed by atoms with Gasteiger partial charge in [-0.15, -0.1) is 0 Å². The van der Waals surface area contributed by atoms with Gasteiger partial charge < -0.3 is 20.5 Å². The first kappa shape index (κ1) is 14.1. The van der Waals surface area contributed by atoms with Gasteiger partial charge in [-0.2, -0.15) is 0 Å². The molecular formula is C15H27N3O2. The minimum absolute atomic E-state index is 0.160. The number of nitrogens with one attached hydrogen (secondary N) is 2. The van der Waals surface area contributed by atoms with Gasteiger partial charge in [-0.25, -0.2) is 0 Å². The maximum atomic E-state index is 9.87. The number of aliphatic imine (C=N–C) groups is 1. The molecule has 1 saturated carbocycles. The molecule has 2 saturated heterocycles. The summed E-state index contributed by atoms with van der Waals surface area (Å²) in [7, 11) is 0. The van der Waals surface area contributed by atoms with Crippen LogP contribution in [0.4, 0.5) is 0 Å². The van der Waals surface area contributed by atoms with Crippen LogP contribution in [0.5, 0.6) is 0 Å². The van der Waals surface area contributed by atoms with E-state index >= 15 is 0 Å². The first-order valence-corrected chi connectivity index (χ1v) is 8.14. The van der Waals surface area contributed by atoms with Gasteiger partial charge in [-0.1, -0.05) is 6.42 Å². The molecule has 5 nitrogen and oxygen atoms in total. The van der Waals surface area contributed by atoms with Crippen molar-refractivity contribution in [1.82, 2.24) is 10.6 Å². The minimum Gasteiger partial charge on any atom is -0.393 e. The number of guanidine groups is 1. The van der Waals surface area contributed by atoms with E-state index in [1.165, 1.54) is 12.8 Å². The topological polar surface area (TPSA) is 65.9 Å². The first-order valence-electron chi connectivity index (χ1n) is 8.14. The van der Waals surface area contributed by atoms with Crippen LogP contribution in [0.15, 0.2) is 4.99 Å². The summed E-state index contributed by atoms with van der Waals surface area (Å²) >= 11 is 0. The highest BCUT2D eigenvalue weighted by atomic mass is 16.5. The van der Waals surface area contributed by atoms with Crippen LogP contribution in [0, 0.1) is 5.92 Å². The Morgan fingerprint density at radius 3 is 2.80 bits per heavy atom. The average Bonchev–Trinajstić information content (AvgIpc) is 3.13. The van der Waals surface area contributed by atoms with E-state index in [0.717, 1.165) is 44.7 Å². The molecule has 2 bridgehead atoms. The predicted molar refractivity (Wildman–Crippen MR) is 78.8 cm³/mol. The van der Waals surface area contributed by atoms with Crippen molar-refractivity contribution in [2.24, 2.45) is 10.9 Å². The molecule has 0 aromatic rings. The summed E-state index contributed by atoms with van der Waals surface area (Å²) in [5.41, 5.74) is 0. The third kappa shape index (κ3) is 3.09. The molecule has 2 heterocycles. The number of rotatable bonds is 4. The molecule has 114 valence electrons. The first-order chi connectivity index (χ1) is 9.76. The number of fused-ring (bicyclic) bond motifs is 2. The molecule has 0 radical (unpaired) electrons. The smallest absolute Gasteiger partial charge is 0.191 e. The molecule has 3 N–H and O–H groups in total.